The molecule has 0 saturated carbocycles. The predicted octanol–water partition coefficient (Wildman–Crippen LogP) is 4.16. The molecule has 180 valence electrons. The predicted molar refractivity (Wildman–Crippen MR) is 136 cm³/mol. The Balaban J connectivity index is 1.10. The average molecular weight is 491 g/mol. The molecule has 1 atom stereocenters. The summed E-state index contributed by atoms with van der Waals surface area (Å²) >= 11 is 1.53. The number of halogens is 1. The van der Waals surface area contributed by atoms with Crippen LogP contribution in [0.25, 0.3) is 16.2 Å². The zero-order valence-electron chi connectivity index (χ0n) is 19.4. The second-order valence-electron chi connectivity index (χ2n) is 9.18. The highest BCUT2D eigenvalue weighted by atomic mass is 32.1. The van der Waals surface area contributed by atoms with E-state index in [1.54, 1.807) is 16.6 Å². The molecule has 2 saturated heterocycles. The van der Waals surface area contributed by atoms with Crippen molar-refractivity contribution in [2.45, 2.75) is 12.8 Å². The van der Waals surface area contributed by atoms with Crippen molar-refractivity contribution in [1.82, 2.24) is 19.5 Å². The summed E-state index contributed by atoms with van der Waals surface area (Å²) < 4.78 is 15.0. The van der Waals surface area contributed by atoms with Gasteiger partial charge in [-0.2, -0.15) is 0 Å². The van der Waals surface area contributed by atoms with Crippen molar-refractivity contribution >= 4 is 33.0 Å². The Bertz CT molecular complexity index is 1280. The van der Waals surface area contributed by atoms with E-state index in [2.05, 4.69) is 39.0 Å². The minimum absolute atomic E-state index is 0.00183. The zero-order chi connectivity index (χ0) is 23.8. The van der Waals surface area contributed by atoms with Gasteiger partial charge in [-0.3, -0.25) is 4.79 Å². The van der Waals surface area contributed by atoms with E-state index in [1.165, 1.54) is 29.2 Å². The number of imidazole rings is 1. The van der Waals surface area contributed by atoms with Crippen LogP contribution in [-0.4, -0.2) is 64.7 Å². The van der Waals surface area contributed by atoms with Crippen LogP contribution in [0, 0.1) is 11.7 Å². The van der Waals surface area contributed by atoms with Gasteiger partial charge in [-0.25, -0.2) is 13.9 Å². The van der Waals surface area contributed by atoms with Crippen LogP contribution < -0.4 is 9.80 Å². The van der Waals surface area contributed by atoms with Crippen molar-refractivity contribution in [2.75, 3.05) is 49.1 Å². The van der Waals surface area contributed by atoms with E-state index in [9.17, 15) is 9.18 Å². The van der Waals surface area contributed by atoms with Crippen molar-refractivity contribution in [3.8, 4) is 11.3 Å². The molecule has 2 aromatic heterocycles. The van der Waals surface area contributed by atoms with Crippen LogP contribution in [0.4, 0.5) is 15.2 Å². The van der Waals surface area contributed by atoms with Gasteiger partial charge in [0.2, 0.25) is 16.0 Å². The fourth-order valence-corrected chi connectivity index (χ4v) is 5.93. The summed E-state index contributed by atoms with van der Waals surface area (Å²) in [5.41, 5.74) is 2.86. The zero-order valence-corrected chi connectivity index (χ0v) is 20.2. The number of aromatic nitrogens is 3. The molecule has 0 bridgehead atoms. The summed E-state index contributed by atoms with van der Waals surface area (Å²) in [6, 6.07) is 16.7. The van der Waals surface area contributed by atoms with Crippen LogP contribution in [0.3, 0.4) is 0 Å². The number of anilines is 2. The molecule has 0 aliphatic carbocycles. The number of benzene rings is 2. The van der Waals surface area contributed by atoms with Gasteiger partial charge in [0, 0.05) is 50.5 Å². The van der Waals surface area contributed by atoms with Gasteiger partial charge in [0.1, 0.15) is 5.82 Å². The van der Waals surface area contributed by atoms with Crippen LogP contribution in [0.2, 0.25) is 0 Å². The lowest BCUT2D eigenvalue weighted by Crippen LogP contribution is -2.52. The highest BCUT2D eigenvalue weighted by Crippen LogP contribution is 2.30. The Hall–Kier alpha value is -3.46. The Labute approximate surface area is 207 Å². The molecule has 2 aliphatic heterocycles. The smallest absolute Gasteiger partial charge is 0.227 e. The van der Waals surface area contributed by atoms with Crippen LogP contribution in [0.5, 0.6) is 0 Å². The van der Waals surface area contributed by atoms with E-state index >= 15 is 0 Å². The van der Waals surface area contributed by atoms with Crippen LogP contribution in [-0.2, 0) is 4.79 Å². The largest absolute Gasteiger partial charge is 0.368 e. The molecule has 35 heavy (non-hydrogen) atoms. The topological polar surface area (TPSA) is 57.0 Å². The quantitative estimate of drug-likeness (QED) is 0.430. The molecular weight excluding hydrogens is 463 g/mol. The van der Waals surface area contributed by atoms with Crippen molar-refractivity contribution < 1.29 is 9.18 Å². The monoisotopic (exact) mass is 490 g/mol. The summed E-state index contributed by atoms with van der Waals surface area (Å²) in [6.07, 6.45) is 3.77. The Morgan fingerprint density at radius 2 is 1.71 bits per heavy atom. The Kier molecular flexibility index (Phi) is 5.85. The maximum absolute atomic E-state index is 13.3. The second kappa shape index (κ2) is 9.30. The first-order valence-electron chi connectivity index (χ1n) is 12.1. The minimum Gasteiger partial charge on any atom is -0.368 e. The first kappa shape index (κ1) is 22.0. The molecule has 1 unspecified atom stereocenters. The van der Waals surface area contributed by atoms with Gasteiger partial charge in [-0.15, -0.1) is 5.10 Å². The maximum Gasteiger partial charge on any atom is 0.227 e. The highest BCUT2D eigenvalue weighted by Gasteiger charge is 2.32. The lowest BCUT2D eigenvalue weighted by atomic mass is 9.96. The minimum atomic E-state index is -0.262. The number of carbonyl (C=O) groups excluding carboxylic acids is 1. The highest BCUT2D eigenvalue weighted by molar-refractivity contribution is 7.20. The SMILES string of the molecule is O=C(C1CCCN(c2nn3cc(-c4ccc(F)cc4)nc3s2)C1)N1CCN(c2ccccc2)CC1. The van der Waals surface area contributed by atoms with Crippen LogP contribution in [0.1, 0.15) is 12.8 Å². The number of nitrogens with zero attached hydrogens (tertiary/aromatic N) is 6. The molecule has 4 aromatic rings. The fraction of sp³-hybridized carbons (Fsp3) is 0.346. The molecule has 0 radical (unpaired) electrons. The first-order chi connectivity index (χ1) is 17.1. The van der Waals surface area contributed by atoms with E-state index in [4.69, 9.17) is 5.10 Å². The van der Waals surface area contributed by atoms with Crippen molar-refractivity contribution in [3.05, 3.63) is 66.6 Å². The molecule has 2 aromatic carbocycles. The van der Waals surface area contributed by atoms with Gasteiger partial charge in [0.05, 0.1) is 17.8 Å². The number of carbonyl (C=O) groups is 1. The van der Waals surface area contributed by atoms with Gasteiger partial charge in [0.25, 0.3) is 0 Å². The van der Waals surface area contributed by atoms with Gasteiger partial charge in [0.15, 0.2) is 0 Å². The summed E-state index contributed by atoms with van der Waals surface area (Å²) in [6.45, 7) is 4.85. The number of piperazine rings is 1. The molecule has 0 N–H and O–H groups in total. The Morgan fingerprint density at radius 1 is 0.943 bits per heavy atom. The van der Waals surface area contributed by atoms with E-state index in [-0.39, 0.29) is 17.6 Å². The molecule has 4 heterocycles. The molecule has 1 amide bonds. The van der Waals surface area contributed by atoms with Crippen molar-refractivity contribution in [2.24, 2.45) is 5.92 Å². The van der Waals surface area contributed by atoms with Crippen molar-refractivity contribution in [3.63, 3.8) is 0 Å². The average Bonchev–Trinajstić information content (AvgIpc) is 3.49. The Morgan fingerprint density at radius 3 is 2.46 bits per heavy atom. The third-order valence-electron chi connectivity index (χ3n) is 6.93. The number of fused-ring (bicyclic) bond motifs is 1. The summed E-state index contributed by atoms with van der Waals surface area (Å²) in [5.74, 6) is 0.00261. The van der Waals surface area contributed by atoms with E-state index < -0.39 is 0 Å². The lowest BCUT2D eigenvalue weighted by Gasteiger charge is -2.39. The summed E-state index contributed by atoms with van der Waals surface area (Å²) in [7, 11) is 0. The third kappa shape index (κ3) is 4.48. The number of hydrogen-bond acceptors (Lipinski definition) is 6. The van der Waals surface area contributed by atoms with Gasteiger partial charge in [-0.1, -0.05) is 29.5 Å². The normalized spacial score (nSPS) is 18.9. The number of rotatable bonds is 4. The maximum atomic E-state index is 13.3. The van der Waals surface area contributed by atoms with Crippen molar-refractivity contribution in [1.29, 1.82) is 0 Å². The van der Waals surface area contributed by atoms with Gasteiger partial charge in [-0.05, 0) is 49.2 Å². The van der Waals surface area contributed by atoms with Gasteiger partial charge < -0.3 is 14.7 Å². The standard InChI is InChI=1S/C26H27FN6OS/c27-21-10-8-19(9-11-21)23-18-33-25(28-23)35-26(29-33)32-12-4-5-20(17-32)24(34)31-15-13-30(14-16-31)22-6-2-1-3-7-22/h1-3,6-11,18,20H,4-5,12-17H2. The van der Waals surface area contributed by atoms with E-state index in [0.717, 1.165) is 66.9 Å². The van der Waals surface area contributed by atoms with Crippen LogP contribution >= 0.6 is 11.3 Å². The summed E-state index contributed by atoms with van der Waals surface area (Å²) in [4.78, 5) is 25.4. The first-order valence-corrected chi connectivity index (χ1v) is 12.9. The third-order valence-corrected chi connectivity index (χ3v) is 7.91. The summed E-state index contributed by atoms with van der Waals surface area (Å²) in [5, 5.41) is 5.64. The van der Waals surface area contributed by atoms with Crippen LogP contribution in [0.15, 0.2) is 60.8 Å². The van der Waals surface area contributed by atoms with E-state index in [0.29, 0.717) is 6.54 Å². The van der Waals surface area contributed by atoms with Gasteiger partial charge >= 0.3 is 0 Å². The molecule has 6 rings (SSSR count). The van der Waals surface area contributed by atoms with E-state index in [1.807, 2.05) is 17.2 Å². The fourth-order valence-electron chi connectivity index (χ4n) is 5.01. The number of hydrogen-bond donors (Lipinski definition) is 0. The molecule has 7 nitrogen and oxygen atoms in total. The molecule has 2 aliphatic rings. The number of piperidine rings is 1. The molecule has 0 spiro atoms. The number of para-hydroxylation sites is 1. The number of amides is 1. The molecule has 9 heteroatoms. The molecular formula is C26H27FN6OS. The second-order valence-corrected chi connectivity index (χ2v) is 10.1. The lowest BCUT2D eigenvalue weighted by molar-refractivity contribution is -0.136. The molecule has 2 fully saturated rings.